The lowest BCUT2D eigenvalue weighted by molar-refractivity contribution is -0.145. The minimum atomic E-state index is -0.696. The lowest BCUT2D eigenvalue weighted by atomic mass is 9.97. The fourth-order valence-electron chi connectivity index (χ4n) is 2.62. The number of halogens is 1. The van der Waals surface area contributed by atoms with Crippen LogP contribution in [0, 0.1) is 0 Å². The highest BCUT2D eigenvalue weighted by Crippen LogP contribution is 2.29. The van der Waals surface area contributed by atoms with Crippen molar-refractivity contribution < 1.29 is 9.90 Å². The summed E-state index contributed by atoms with van der Waals surface area (Å²) in [6.45, 7) is 2.96. The number of carbonyl (C=O) groups is 1. The first kappa shape index (κ1) is 13.6. The van der Waals surface area contributed by atoms with Gasteiger partial charge in [-0.2, -0.15) is 0 Å². The van der Waals surface area contributed by atoms with Gasteiger partial charge < -0.3 is 5.11 Å². The Morgan fingerprint density at radius 1 is 1.39 bits per heavy atom. The third kappa shape index (κ3) is 2.93. The maximum Gasteiger partial charge on any atom is 0.320 e. The fraction of sp³-hybridized carbons (Fsp3) is 0.500. The zero-order chi connectivity index (χ0) is 13.1. The molecule has 0 radical (unpaired) electrons. The average Bonchev–Trinajstić information content (AvgIpc) is 2.39. The predicted molar refractivity (Wildman–Crippen MR) is 74.5 cm³/mol. The van der Waals surface area contributed by atoms with Gasteiger partial charge in [0.15, 0.2) is 0 Å². The van der Waals surface area contributed by atoms with Gasteiger partial charge in [0.05, 0.1) is 0 Å². The molecule has 0 saturated carbocycles. The third-order valence-corrected chi connectivity index (χ3v) is 4.21. The van der Waals surface area contributed by atoms with Gasteiger partial charge in [0.25, 0.3) is 0 Å². The first-order valence-corrected chi connectivity index (χ1v) is 7.13. The highest BCUT2D eigenvalue weighted by molar-refractivity contribution is 9.10. The molecule has 1 aromatic carbocycles. The molecule has 1 aliphatic rings. The zero-order valence-electron chi connectivity index (χ0n) is 10.5. The molecule has 0 bridgehead atoms. The van der Waals surface area contributed by atoms with E-state index in [0.29, 0.717) is 0 Å². The van der Waals surface area contributed by atoms with Crippen LogP contribution < -0.4 is 0 Å². The molecule has 0 spiro atoms. The average molecular weight is 312 g/mol. The second-order valence-corrected chi connectivity index (χ2v) is 5.73. The molecule has 18 heavy (non-hydrogen) atoms. The Kier molecular flexibility index (Phi) is 4.40. The first-order valence-electron chi connectivity index (χ1n) is 6.33. The van der Waals surface area contributed by atoms with Crippen molar-refractivity contribution in [3.05, 3.63) is 34.3 Å². The minimum Gasteiger partial charge on any atom is -0.480 e. The van der Waals surface area contributed by atoms with Crippen LogP contribution in [-0.4, -0.2) is 28.6 Å². The topological polar surface area (TPSA) is 40.5 Å². The Morgan fingerprint density at radius 2 is 2.06 bits per heavy atom. The van der Waals surface area contributed by atoms with Crippen LogP contribution in [0.15, 0.2) is 28.7 Å². The Bertz CT molecular complexity index is 418. The number of aliphatic carboxylic acids is 1. The lowest BCUT2D eigenvalue weighted by Crippen LogP contribution is -2.45. The van der Waals surface area contributed by atoms with Crippen molar-refractivity contribution in [2.75, 3.05) is 6.54 Å². The SMILES string of the molecule is CC(c1ccc(Br)cc1)N1CCCCC1C(=O)O. The second kappa shape index (κ2) is 5.85. The van der Waals surface area contributed by atoms with Crippen LogP contribution in [-0.2, 0) is 4.79 Å². The van der Waals surface area contributed by atoms with Crippen LogP contribution in [0.3, 0.4) is 0 Å². The van der Waals surface area contributed by atoms with Gasteiger partial charge in [-0.05, 0) is 44.0 Å². The zero-order valence-corrected chi connectivity index (χ0v) is 12.1. The molecule has 0 aromatic heterocycles. The summed E-state index contributed by atoms with van der Waals surface area (Å²) in [5.41, 5.74) is 1.17. The van der Waals surface area contributed by atoms with Crippen molar-refractivity contribution in [2.24, 2.45) is 0 Å². The number of carboxylic acids is 1. The number of likely N-dealkylation sites (tertiary alicyclic amines) is 1. The number of benzene rings is 1. The van der Waals surface area contributed by atoms with Gasteiger partial charge in [-0.3, -0.25) is 9.69 Å². The highest BCUT2D eigenvalue weighted by Gasteiger charge is 2.31. The van der Waals surface area contributed by atoms with Gasteiger partial charge in [0.2, 0.25) is 0 Å². The number of carboxylic acid groups (broad SMARTS) is 1. The highest BCUT2D eigenvalue weighted by atomic mass is 79.9. The van der Waals surface area contributed by atoms with Crippen LogP contribution >= 0.6 is 15.9 Å². The van der Waals surface area contributed by atoms with Gasteiger partial charge in [-0.1, -0.05) is 34.5 Å². The van der Waals surface area contributed by atoms with Crippen LogP contribution in [0.5, 0.6) is 0 Å². The maximum atomic E-state index is 11.3. The molecule has 1 aromatic rings. The van der Waals surface area contributed by atoms with E-state index in [1.807, 2.05) is 12.1 Å². The van der Waals surface area contributed by atoms with E-state index in [9.17, 15) is 9.90 Å². The van der Waals surface area contributed by atoms with Crippen molar-refractivity contribution in [1.29, 1.82) is 0 Å². The maximum absolute atomic E-state index is 11.3. The Morgan fingerprint density at radius 3 is 2.67 bits per heavy atom. The van der Waals surface area contributed by atoms with Gasteiger partial charge in [-0.25, -0.2) is 0 Å². The van der Waals surface area contributed by atoms with E-state index in [4.69, 9.17) is 0 Å². The van der Waals surface area contributed by atoms with E-state index >= 15 is 0 Å². The molecule has 0 amide bonds. The summed E-state index contributed by atoms with van der Waals surface area (Å²) in [5.74, 6) is -0.696. The molecule has 98 valence electrons. The molecule has 1 fully saturated rings. The van der Waals surface area contributed by atoms with E-state index in [0.717, 1.165) is 30.3 Å². The summed E-state index contributed by atoms with van der Waals surface area (Å²) in [7, 11) is 0. The summed E-state index contributed by atoms with van der Waals surface area (Å²) in [5, 5.41) is 9.30. The van der Waals surface area contributed by atoms with Crippen molar-refractivity contribution in [3.8, 4) is 0 Å². The molecule has 0 aliphatic carbocycles. The molecule has 2 atom stereocenters. The standard InChI is InChI=1S/C14H18BrNO2/c1-10(11-5-7-12(15)8-6-11)16-9-3-2-4-13(16)14(17)18/h5-8,10,13H,2-4,9H2,1H3,(H,17,18). The quantitative estimate of drug-likeness (QED) is 0.929. The predicted octanol–water partition coefficient (Wildman–Crippen LogP) is 3.45. The Labute approximate surface area is 116 Å². The van der Waals surface area contributed by atoms with Crippen LogP contribution in [0.2, 0.25) is 0 Å². The summed E-state index contributed by atoms with van der Waals surface area (Å²) < 4.78 is 1.05. The molecule has 4 heteroatoms. The monoisotopic (exact) mass is 311 g/mol. The van der Waals surface area contributed by atoms with E-state index < -0.39 is 5.97 Å². The molecular formula is C14H18BrNO2. The van der Waals surface area contributed by atoms with Gasteiger partial charge >= 0.3 is 5.97 Å². The smallest absolute Gasteiger partial charge is 0.320 e. The van der Waals surface area contributed by atoms with Crippen molar-refractivity contribution >= 4 is 21.9 Å². The summed E-state index contributed by atoms with van der Waals surface area (Å²) in [6.07, 6.45) is 2.86. The van der Waals surface area contributed by atoms with Crippen molar-refractivity contribution in [3.63, 3.8) is 0 Å². The van der Waals surface area contributed by atoms with Gasteiger partial charge in [0, 0.05) is 10.5 Å². The van der Waals surface area contributed by atoms with Gasteiger partial charge in [0.1, 0.15) is 6.04 Å². The molecule has 1 N–H and O–H groups in total. The number of hydrogen-bond donors (Lipinski definition) is 1. The van der Waals surface area contributed by atoms with E-state index in [1.165, 1.54) is 5.56 Å². The third-order valence-electron chi connectivity index (χ3n) is 3.68. The summed E-state index contributed by atoms with van der Waals surface area (Å²) in [6, 6.07) is 7.94. The fourth-order valence-corrected chi connectivity index (χ4v) is 2.88. The van der Waals surface area contributed by atoms with Crippen LogP contribution in [0.4, 0.5) is 0 Å². The van der Waals surface area contributed by atoms with Gasteiger partial charge in [-0.15, -0.1) is 0 Å². The Hall–Kier alpha value is -0.870. The number of nitrogens with zero attached hydrogens (tertiary/aromatic N) is 1. The molecular weight excluding hydrogens is 294 g/mol. The molecule has 2 unspecified atom stereocenters. The second-order valence-electron chi connectivity index (χ2n) is 4.82. The molecule has 1 aliphatic heterocycles. The summed E-state index contributed by atoms with van der Waals surface area (Å²) >= 11 is 3.42. The molecule has 1 saturated heterocycles. The van der Waals surface area contributed by atoms with Crippen molar-refractivity contribution in [1.82, 2.24) is 4.90 Å². The minimum absolute atomic E-state index is 0.152. The number of piperidine rings is 1. The lowest BCUT2D eigenvalue weighted by Gasteiger charge is -2.37. The molecule has 1 heterocycles. The molecule has 3 nitrogen and oxygen atoms in total. The Balaban J connectivity index is 2.17. The first-order chi connectivity index (χ1) is 8.59. The largest absolute Gasteiger partial charge is 0.480 e. The van der Waals surface area contributed by atoms with E-state index in [2.05, 4.69) is 39.9 Å². The van der Waals surface area contributed by atoms with E-state index in [1.54, 1.807) is 0 Å². The van der Waals surface area contributed by atoms with Crippen LogP contribution in [0.1, 0.15) is 37.8 Å². The van der Waals surface area contributed by atoms with Crippen LogP contribution in [0.25, 0.3) is 0 Å². The number of rotatable bonds is 3. The molecule has 2 rings (SSSR count). The van der Waals surface area contributed by atoms with E-state index in [-0.39, 0.29) is 12.1 Å². The number of hydrogen-bond acceptors (Lipinski definition) is 2. The summed E-state index contributed by atoms with van der Waals surface area (Å²) in [4.78, 5) is 13.4. The van der Waals surface area contributed by atoms with Crippen molar-refractivity contribution in [2.45, 2.75) is 38.3 Å². The normalized spacial score (nSPS) is 22.7.